The highest BCUT2D eigenvalue weighted by Crippen LogP contribution is 2.19. The second kappa shape index (κ2) is 5.53. The van der Waals surface area contributed by atoms with Gasteiger partial charge in [-0.25, -0.2) is 0 Å². The van der Waals surface area contributed by atoms with Gasteiger partial charge in [0.25, 0.3) is 5.91 Å². The summed E-state index contributed by atoms with van der Waals surface area (Å²) in [6, 6.07) is 10.5. The van der Waals surface area contributed by atoms with E-state index in [-0.39, 0.29) is 11.7 Å². The van der Waals surface area contributed by atoms with Crippen LogP contribution in [-0.4, -0.2) is 17.0 Å². The first-order valence-electron chi connectivity index (χ1n) is 5.56. The lowest BCUT2D eigenvalue weighted by molar-refractivity contribution is 0.103. The van der Waals surface area contributed by atoms with E-state index in [2.05, 4.69) is 10.5 Å². The second-order valence-corrected chi connectivity index (χ2v) is 5.18. The third-order valence-corrected chi connectivity index (χ3v) is 3.52. The number of nitrogens with one attached hydrogen (secondary N) is 1. The number of oxime groups is 1. The minimum Gasteiger partial charge on any atom is -0.409 e. The maximum Gasteiger partial charge on any atom is 0.265 e. The number of carbonyl (C=O) groups excluding carboxylic acids is 1. The Hall–Kier alpha value is -2.34. The number of amides is 1. The quantitative estimate of drug-likeness (QED) is 0.348. The number of thiophene rings is 1. The average molecular weight is 275 g/mol. The van der Waals surface area contributed by atoms with E-state index in [1.807, 2.05) is 13.0 Å². The molecule has 5 nitrogen and oxygen atoms in total. The summed E-state index contributed by atoms with van der Waals surface area (Å²) >= 11 is 1.41. The summed E-state index contributed by atoms with van der Waals surface area (Å²) in [7, 11) is 0. The van der Waals surface area contributed by atoms with E-state index in [4.69, 9.17) is 10.9 Å². The zero-order valence-electron chi connectivity index (χ0n) is 10.3. The van der Waals surface area contributed by atoms with Crippen LogP contribution in [0, 0.1) is 6.92 Å². The van der Waals surface area contributed by atoms with Crippen LogP contribution in [0.2, 0.25) is 0 Å². The van der Waals surface area contributed by atoms with Crippen molar-refractivity contribution in [3.8, 4) is 0 Å². The number of rotatable bonds is 3. The molecule has 0 saturated heterocycles. The fourth-order valence-corrected chi connectivity index (χ4v) is 2.37. The average Bonchev–Trinajstić information content (AvgIpc) is 2.85. The Labute approximate surface area is 114 Å². The molecule has 4 N–H and O–H groups in total. The smallest absolute Gasteiger partial charge is 0.265 e. The van der Waals surface area contributed by atoms with Gasteiger partial charge in [-0.05, 0) is 31.2 Å². The lowest BCUT2D eigenvalue weighted by atomic mass is 10.1. The number of nitrogens with zero attached hydrogens (tertiary/aromatic N) is 1. The summed E-state index contributed by atoms with van der Waals surface area (Å²) < 4.78 is 0. The van der Waals surface area contributed by atoms with Gasteiger partial charge >= 0.3 is 0 Å². The number of para-hydroxylation sites is 1. The lowest BCUT2D eigenvalue weighted by Gasteiger charge is -2.08. The first-order valence-corrected chi connectivity index (χ1v) is 6.38. The van der Waals surface area contributed by atoms with Gasteiger partial charge in [0.1, 0.15) is 0 Å². The van der Waals surface area contributed by atoms with Crippen LogP contribution in [-0.2, 0) is 0 Å². The van der Waals surface area contributed by atoms with Gasteiger partial charge in [-0.3, -0.25) is 4.79 Å². The van der Waals surface area contributed by atoms with Crippen molar-refractivity contribution in [2.75, 3.05) is 5.32 Å². The first-order chi connectivity index (χ1) is 9.11. The van der Waals surface area contributed by atoms with Crippen molar-refractivity contribution in [3.63, 3.8) is 0 Å². The van der Waals surface area contributed by atoms with Crippen LogP contribution >= 0.6 is 11.3 Å². The molecule has 0 bridgehead atoms. The van der Waals surface area contributed by atoms with E-state index >= 15 is 0 Å². The Morgan fingerprint density at radius 2 is 2.05 bits per heavy atom. The van der Waals surface area contributed by atoms with Crippen LogP contribution in [0.25, 0.3) is 0 Å². The van der Waals surface area contributed by atoms with Gasteiger partial charge in [0.2, 0.25) is 0 Å². The second-order valence-electron chi connectivity index (χ2n) is 3.90. The van der Waals surface area contributed by atoms with Gasteiger partial charge in [-0.15, -0.1) is 11.3 Å². The Bertz CT molecular complexity index is 634. The number of nitrogens with two attached hydrogens (primary N) is 1. The van der Waals surface area contributed by atoms with E-state index in [1.165, 1.54) is 11.3 Å². The number of benzene rings is 1. The molecule has 1 amide bonds. The summed E-state index contributed by atoms with van der Waals surface area (Å²) in [6.07, 6.45) is 0. The monoisotopic (exact) mass is 275 g/mol. The van der Waals surface area contributed by atoms with Crippen molar-refractivity contribution in [1.29, 1.82) is 0 Å². The molecule has 1 heterocycles. The van der Waals surface area contributed by atoms with Crippen LogP contribution in [0.1, 0.15) is 20.1 Å². The Kier molecular flexibility index (Phi) is 3.82. The van der Waals surface area contributed by atoms with Gasteiger partial charge in [-0.1, -0.05) is 17.3 Å². The van der Waals surface area contributed by atoms with E-state index in [9.17, 15) is 4.79 Å². The van der Waals surface area contributed by atoms with Gasteiger partial charge in [0.05, 0.1) is 10.6 Å². The third-order valence-electron chi connectivity index (χ3n) is 2.52. The zero-order chi connectivity index (χ0) is 13.8. The fourth-order valence-electron chi connectivity index (χ4n) is 1.61. The van der Waals surface area contributed by atoms with Crippen molar-refractivity contribution in [2.45, 2.75) is 6.92 Å². The van der Waals surface area contributed by atoms with Crippen molar-refractivity contribution in [2.24, 2.45) is 10.9 Å². The normalized spacial score (nSPS) is 11.3. The molecule has 0 aliphatic heterocycles. The Morgan fingerprint density at radius 1 is 1.32 bits per heavy atom. The predicted octanol–water partition coefficient (Wildman–Crippen LogP) is 2.40. The van der Waals surface area contributed by atoms with Crippen molar-refractivity contribution < 1.29 is 10.0 Å². The molecule has 2 rings (SSSR count). The standard InChI is InChI=1S/C13H13N3O2S/c1-8-6-7-11(19-8)13(17)15-10-5-3-2-4-9(10)12(14)16-18/h2-7,18H,1H3,(H2,14,16)(H,15,17). The molecule has 2 aromatic rings. The highest BCUT2D eigenvalue weighted by molar-refractivity contribution is 7.14. The highest BCUT2D eigenvalue weighted by atomic mass is 32.1. The minimum absolute atomic E-state index is 0.0433. The van der Waals surface area contributed by atoms with Gasteiger partial charge in [-0.2, -0.15) is 0 Å². The molecular formula is C13H13N3O2S. The number of carbonyl (C=O) groups is 1. The summed E-state index contributed by atoms with van der Waals surface area (Å²) in [5.41, 5.74) is 6.55. The molecular weight excluding hydrogens is 262 g/mol. The molecule has 19 heavy (non-hydrogen) atoms. The molecule has 0 unspecified atom stereocenters. The summed E-state index contributed by atoms with van der Waals surface area (Å²) in [5.74, 6) is -0.255. The zero-order valence-corrected chi connectivity index (χ0v) is 11.1. The molecule has 0 aliphatic carbocycles. The van der Waals surface area contributed by atoms with E-state index in [0.717, 1.165) is 4.88 Å². The minimum atomic E-state index is -0.212. The van der Waals surface area contributed by atoms with E-state index < -0.39 is 0 Å². The molecule has 0 spiro atoms. The van der Waals surface area contributed by atoms with Crippen molar-refractivity contribution >= 4 is 28.8 Å². The van der Waals surface area contributed by atoms with Crippen LogP contribution in [0.4, 0.5) is 5.69 Å². The number of aryl methyl sites for hydroxylation is 1. The summed E-state index contributed by atoms with van der Waals surface area (Å²) in [6.45, 7) is 1.94. The molecule has 98 valence electrons. The van der Waals surface area contributed by atoms with E-state index in [0.29, 0.717) is 16.1 Å². The molecule has 6 heteroatoms. The number of hydrogen-bond donors (Lipinski definition) is 3. The van der Waals surface area contributed by atoms with Gasteiger partial charge < -0.3 is 16.3 Å². The summed E-state index contributed by atoms with van der Waals surface area (Å²) in [5, 5.41) is 14.4. The summed E-state index contributed by atoms with van der Waals surface area (Å²) in [4.78, 5) is 13.7. The fraction of sp³-hybridized carbons (Fsp3) is 0.0769. The van der Waals surface area contributed by atoms with Crippen molar-refractivity contribution in [1.82, 2.24) is 0 Å². The molecule has 1 aromatic heterocycles. The van der Waals surface area contributed by atoms with Crippen LogP contribution in [0.5, 0.6) is 0 Å². The molecule has 1 aromatic carbocycles. The molecule has 0 fully saturated rings. The predicted molar refractivity (Wildman–Crippen MR) is 76.0 cm³/mol. The number of hydrogen-bond acceptors (Lipinski definition) is 4. The first kappa shape index (κ1) is 13.1. The Balaban J connectivity index is 2.27. The van der Waals surface area contributed by atoms with Crippen LogP contribution in [0.15, 0.2) is 41.6 Å². The van der Waals surface area contributed by atoms with Crippen molar-refractivity contribution in [3.05, 3.63) is 51.7 Å². The number of anilines is 1. The molecule has 0 saturated carbocycles. The molecule has 0 atom stereocenters. The third kappa shape index (κ3) is 2.92. The SMILES string of the molecule is Cc1ccc(C(=O)Nc2ccccc2/C(N)=N/O)s1. The highest BCUT2D eigenvalue weighted by Gasteiger charge is 2.12. The maximum absolute atomic E-state index is 12.0. The molecule has 0 radical (unpaired) electrons. The maximum atomic E-state index is 12.0. The van der Waals surface area contributed by atoms with Gasteiger partial charge in [0, 0.05) is 10.4 Å². The lowest BCUT2D eigenvalue weighted by Crippen LogP contribution is -2.18. The number of amidine groups is 1. The molecule has 0 aliphatic rings. The van der Waals surface area contributed by atoms with Crippen LogP contribution < -0.4 is 11.1 Å². The van der Waals surface area contributed by atoms with E-state index in [1.54, 1.807) is 30.3 Å². The van der Waals surface area contributed by atoms with Crippen LogP contribution in [0.3, 0.4) is 0 Å². The topological polar surface area (TPSA) is 87.7 Å². The largest absolute Gasteiger partial charge is 0.409 e. The Morgan fingerprint density at radius 3 is 2.68 bits per heavy atom. The van der Waals surface area contributed by atoms with Gasteiger partial charge in [0.15, 0.2) is 5.84 Å².